The number of thiophene rings is 4. The number of alkyl halides is 12. The van der Waals surface area contributed by atoms with Crippen molar-refractivity contribution < 1.29 is 67.6 Å². The first kappa shape index (κ1) is 45.9. The molecule has 65 heavy (non-hydrogen) atoms. The molecule has 19 heteroatoms. The first-order valence-corrected chi connectivity index (χ1v) is 22.2. The average molecular weight is 983 g/mol. The first-order valence-electron chi connectivity index (χ1n) is 18.7. The van der Waals surface area contributed by atoms with Crippen molar-refractivity contribution in [1.29, 1.82) is 0 Å². The lowest BCUT2D eigenvalue weighted by molar-refractivity contribution is -0.138. The molecule has 0 bridgehead atoms. The van der Waals surface area contributed by atoms with E-state index in [-0.39, 0.29) is 22.4 Å². The molecule has 1 aliphatic heterocycles. The van der Waals surface area contributed by atoms with Gasteiger partial charge in [-0.1, -0.05) is 48.5 Å². The van der Waals surface area contributed by atoms with Gasteiger partial charge < -0.3 is 14.9 Å². The molecule has 4 aromatic heterocycles. The molecular weight excluding hydrogens is 957 g/mol. The molecule has 0 saturated heterocycles. The summed E-state index contributed by atoms with van der Waals surface area (Å²) in [4.78, 5) is 2.63. The Bertz CT molecular complexity index is 2800. The zero-order chi connectivity index (χ0) is 46.7. The Morgan fingerprint density at radius 2 is 0.738 bits per heavy atom. The zero-order valence-electron chi connectivity index (χ0n) is 32.3. The van der Waals surface area contributed by atoms with E-state index in [1.165, 1.54) is 81.7 Å². The molecular formula is C46H26F12O3S4. The third-order valence-electron chi connectivity index (χ3n) is 10.5. The summed E-state index contributed by atoms with van der Waals surface area (Å²) in [7, 11) is 0. The minimum atomic E-state index is -4.60. The van der Waals surface area contributed by atoms with Crippen LogP contribution in [0.25, 0.3) is 19.5 Å². The fraction of sp³-hybridized carbons (Fsp3) is 0.130. The van der Waals surface area contributed by atoms with Crippen LogP contribution in [0.2, 0.25) is 0 Å². The van der Waals surface area contributed by atoms with Gasteiger partial charge in [0, 0.05) is 22.3 Å². The van der Waals surface area contributed by atoms with Crippen LogP contribution in [0.15, 0.2) is 143 Å². The molecule has 4 aromatic carbocycles. The Balaban J connectivity index is 0.000000177. The summed E-state index contributed by atoms with van der Waals surface area (Å²) < 4.78 is 164. The summed E-state index contributed by atoms with van der Waals surface area (Å²) in [6.45, 7) is 0. The van der Waals surface area contributed by atoms with E-state index >= 15 is 0 Å². The van der Waals surface area contributed by atoms with Gasteiger partial charge in [0.25, 0.3) is 0 Å². The van der Waals surface area contributed by atoms with Crippen LogP contribution in [0.1, 0.15) is 55.6 Å². The highest BCUT2D eigenvalue weighted by Crippen LogP contribution is 2.56. The molecule has 5 heterocycles. The topological polar surface area (TPSA) is 49.7 Å². The molecule has 8 aromatic rings. The molecule has 9 rings (SSSR count). The van der Waals surface area contributed by atoms with Gasteiger partial charge in [-0.05, 0) is 105 Å². The van der Waals surface area contributed by atoms with Crippen LogP contribution in [0.5, 0.6) is 11.5 Å². The molecule has 1 aliphatic rings. The number of benzene rings is 4. The van der Waals surface area contributed by atoms with Gasteiger partial charge in [-0.25, -0.2) is 0 Å². The Labute approximate surface area is 376 Å². The van der Waals surface area contributed by atoms with E-state index in [9.17, 15) is 62.9 Å². The fourth-order valence-electron chi connectivity index (χ4n) is 7.43. The number of ether oxygens (including phenoxy) is 1. The Hall–Kier alpha value is -5.60. The van der Waals surface area contributed by atoms with Gasteiger partial charge in [-0.2, -0.15) is 52.7 Å². The molecule has 3 nitrogen and oxygen atoms in total. The van der Waals surface area contributed by atoms with E-state index in [1.807, 2.05) is 10.8 Å². The lowest BCUT2D eigenvalue weighted by Crippen LogP contribution is -2.38. The van der Waals surface area contributed by atoms with Gasteiger partial charge in [0.05, 0.1) is 41.8 Å². The van der Waals surface area contributed by atoms with Gasteiger partial charge in [-0.15, -0.1) is 45.3 Å². The van der Waals surface area contributed by atoms with Crippen molar-refractivity contribution in [1.82, 2.24) is 0 Å². The van der Waals surface area contributed by atoms with E-state index in [2.05, 4.69) is 0 Å². The van der Waals surface area contributed by atoms with E-state index in [4.69, 9.17) is 4.74 Å². The normalized spacial score (nSPS) is 13.9. The summed E-state index contributed by atoms with van der Waals surface area (Å²) in [5, 5.41) is 29.1. The van der Waals surface area contributed by atoms with Crippen LogP contribution in [0.3, 0.4) is 0 Å². The first-order chi connectivity index (χ1) is 30.5. The minimum Gasteiger partial charge on any atom is -0.506 e. The molecule has 0 aliphatic carbocycles. The number of hydrogen-bond donors (Lipinski definition) is 2. The number of aromatic hydroxyl groups is 1. The van der Waals surface area contributed by atoms with Crippen molar-refractivity contribution >= 4 is 45.3 Å². The maximum Gasteiger partial charge on any atom is 0.416 e. The predicted octanol–water partition coefficient (Wildman–Crippen LogP) is 15.7. The average Bonchev–Trinajstić information content (AvgIpc) is 4.10. The van der Waals surface area contributed by atoms with E-state index in [1.54, 1.807) is 22.9 Å². The lowest BCUT2D eigenvalue weighted by Gasteiger charge is -2.39. The molecule has 0 amide bonds. The molecule has 0 unspecified atom stereocenters. The van der Waals surface area contributed by atoms with Gasteiger partial charge in [-0.3, -0.25) is 0 Å². The summed E-state index contributed by atoms with van der Waals surface area (Å²) in [6.07, 6.45) is -18.2. The van der Waals surface area contributed by atoms with Crippen molar-refractivity contribution in [3.8, 4) is 31.0 Å². The summed E-state index contributed by atoms with van der Waals surface area (Å²) in [5.41, 5.74) is -5.22. The molecule has 336 valence electrons. The second-order valence-electron chi connectivity index (χ2n) is 14.4. The third-order valence-corrected chi connectivity index (χ3v) is 14.5. The highest BCUT2D eigenvalue weighted by atomic mass is 32.1. The van der Waals surface area contributed by atoms with Crippen LogP contribution in [-0.2, 0) is 35.9 Å². The standard InChI is InChI=1S/C23H14F6O2S2.C23H12F6OS2/c24-22(25,26)15-5-1-13(2-6-15)21(31,14-3-7-16(8-4-14)23(27,28)29)17-9-11-32-19(17)20-18(30)10-12-33-20;24-22(25,26)15-5-1-13(2-6-15)21(14-3-7-16(8-4-14)23(27,28)29)17-9-11-31-19(17)20-18(30-21)10-12-32-20/h1-12,30-31H;1-12H. The van der Waals surface area contributed by atoms with Crippen molar-refractivity contribution in [2.75, 3.05) is 0 Å². The molecule has 0 radical (unpaired) electrons. The maximum absolute atomic E-state index is 13.1. The predicted molar refractivity (Wildman–Crippen MR) is 225 cm³/mol. The zero-order valence-corrected chi connectivity index (χ0v) is 35.6. The quantitative estimate of drug-likeness (QED) is 0.163. The van der Waals surface area contributed by atoms with Crippen LogP contribution in [0.4, 0.5) is 52.7 Å². The van der Waals surface area contributed by atoms with Gasteiger partial charge in [0.2, 0.25) is 0 Å². The second-order valence-corrected chi connectivity index (χ2v) is 18.0. The van der Waals surface area contributed by atoms with Crippen LogP contribution in [0, 0.1) is 0 Å². The molecule has 0 saturated carbocycles. The molecule has 0 spiro atoms. The van der Waals surface area contributed by atoms with Gasteiger partial charge in [0.15, 0.2) is 5.60 Å². The SMILES string of the molecule is FC(F)(F)c1ccc(C2(c3ccc(C(F)(F)F)cc3)Oc3ccsc3-c3sccc32)cc1.Oc1ccsc1-c1sccc1C(O)(c1ccc(C(F)(F)F)cc1)c1ccc(C(F)(F)F)cc1. The number of fused-ring (bicyclic) bond motifs is 3. The second kappa shape index (κ2) is 16.7. The number of hydrogen-bond acceptors (Lipinski definition) is 7. The number of aliphatic hydroxyl groups is 1. The minimum absolute atomic E-state index is 0.0333. The largest absolute Gasteiger partial charge is 0.506 e. The third kappa shape index (κ3) is 8.55. The highest BCUT2D eigenvalue weighted by molar-refractivity contribution is 7.21. The molecule has 0 fully saturated rings. The highest BCUT2D eigenvalue weighted by Gasteiger charge is 2.47. The van der Waals surface area contributed by atoms with Crippen molar-refractivity contribution in [3.05, 3.63) is 198 Å². The summed E-state index contributed by atoms with van der Waals surface area (Å²) in [5.74, 6) is 0.482. The van der Waals surface area contributed by atoms with Gasteiger partial charge >= 0.3 is 24.7 Å². The van der Waals surface area contributed by atoms with Crippen molar-refractivity contribution in [2.45, 2.75) is 35.9 Å². The Morgan fingerprint density at radius 3 is 1.17 bits per heavy atom. The Morgan fingerprint density at radius 1 is 0.385 bits per heavy atom. The lowest BCUT2D eigenvalue weighted by atomic mass is 9.78. The Kier molecular flexibility index (Phi) is 11.8. The van der Waals surface area contributed by atoms with Crippen LogP contribution < -0.4 is 4.74 Å². The van der Waals surface area contributed by atoms with Crippen molar-refractivity contribution in [2.24, 2.45) is 0 Å². The molecule has 0 atom stereocenters. The number of halogens is 12. The number of rotatable bonds is 6. The molecule has 2 N–H and O–H groups in total. The van der Waals surface area contributed by atoms with E-state index < -0.39 is 58.2 Å². The summed E-state index contributed by atoms with van der Waals surface area (Å²) in [6, 6.07) is 23.3. The smallest absolute Gasteiger partial charge is 0.416 e. The van der Waals surface area contributed by atoms with Gasteiger partial charge in [0.1, 0.15) is 17.1 Å². The van der Waals surface area contributed by atoms with E-state index in [0.29, 0.717) is 32.2 Å². The van der Waals surface area contributed by atoms with Crippen LogP contribution in [-0.4, -0.2) is 10.2 Å². The van der Waals surface area contributed by atoms with Crippen molar-refractivity contribution in [3.63, 3.8) is 0 Å². The maximum atomic E-state index is 13.1. The van der Waals surface area contributed by atoms with E-state index in [0.717, 1.165) is 82.6 Å². The fourth-order valence-corrected chi connectivity index (χ4v) is 11.3. The van der Waals surface area contributed by atoms with Crippen LogP contribution >= 0.6 is 45.3 Å². The monoisotopic (exact) mass is 982 g/mol. The summed E-state index contributed by atoms with van der Waals surface area (Å²) >= 11 is 5.29.